The standard InChI is InChI=1S/C11H20N2/c1-11-7-12(2)5-3-9-4-6-13(8-11)10(9)11/h9-10H,3-8H2,1-2H3. The highest BCUT2D eigenvalue weighted by Gasteiger charge is 2.56. The fraction of sp³-hybridized carbons (Fsp3) is 1.00. The first-order chi connectivity index (χ1) is 6.19. The zero-order valence-corrected chi connectivity index (χ0v) is 8.79. The third-order valence-electron chi connectivity index (χ3n) is 4.42. The Morgan fingerprint density at radius 1 is 1.15 bits per heavy atom. The number of likely N-dealkylation sites (tertiary alicyclic amines) is 1. The molecule has 0 aromatic rings. The molecule has 0 radical (unpaired) electrons. The van der Waals surface area contributed by atoms with Gasteiger partial charge in [0.1, 0.15) is 0 Å². The fourth-order valence-corrected chi connectivity index (χ4v) is 4.09. The molecule has 2 heteroatoms. The van der Waals surface area contributed by atoms with E-state index in [0.717, 1.165) is 12.0 Å². The van der Waals surface area contributed by atoms with Crippen LogP contribution in [-0.4, -0.2) is 49.1 Å². The molecule has 2 nitrogen and oxygen atoms in total. The molecule has 13 heavy (non-hydrogen) atoms. The van der Waals surface area contributed by atoms with Gasteiger partial charge in [-0.25, -0.2) is 0 Å². The van der Waals surface area contributed by atoms with Gasteiger partial charge in [-0.1, -0.05) is 6.92 Å². The van der Waals surface area contributed by atoms with Gasteiger partial charge in [0.15, 0.2) is 0 Å². The second-order valence-corrected chi connectivity index (χ2v) is 5.64. The highest BCUT2D eigenvalue weighted by atomic mass is 15.3. The summed E-state index contributed by atoms with van der Waals surface area (Å²) in [7, 11) is 2.29. The van der Waals surface area contributed by atoms with Gasteiger partial charge in [0, 0.05) is 24.5 Å². The molecule has 0 aromatic heterocycles. The van der Waals surface area contributed by atoms with Gasteiger partial charge in [-0.3, -0.25) is 4.90 Å². The van der Waals surface area contributed by atoms with Gasteiger partial charge in [-0.2, -0.15) is 0 Å². The molecule has 0 saturated carbocycles. The normalized spacial score (nSPS) is 51.2. The molecule has 3 aliphatic rings. The summed E-state index contributed by atoms with van der Waals surface area (Å²) in [6.45, 7) is 7.89. The lowest BCUT2D eigenvalue weighted by atomic mass is 9.70. The molecular formula is C11H20N2. The van der Waals surface area contributed by atoms with Crippen molar-refractivity contribution in [3.05, 3.63) is 0 Å². The molecule has 3 atom stereocenters. The van der Waals surface area contributed by atoms with Crippen LogP contribution in [0.1, 0.15) is 19.8 Å². The third-order valence-corrected chi connectivity index (χ3v) is 4.42. The van der Waals surface area contributed by atoms with Crippen LogP contribution >= 0.6 is 0 Å². The molecule has 3 rings (SSSR count). The number of nitrogens with zero attached hydrogens (tertiary/aromatic N) is 2. The first kappa shape index (κ1) is 8.25. The summed E-state index contributed by atoms with van der Waals surface area (Å²) in [5.41, 5.74) is 0.631. The topological polar surface area (TPSA) is 6.48 Å². The monoisotopic (exact) mass is 180 g/mol. The average Bonchev–Trinajstić information content (AvgIpc) is 2.35. The van der Waals surface area contributed by atoms with Crippen LogP contribution < -0.4 is 0 Å². The van der Waals surface area contributed by atoms with Crippen molar-refractivity contribution in [2.45, 2.75) is 25.8 Å². The van der Waals surface area contributed by atoms with Crippen molar-refractivity contribution in [3.63, 3.8) is 0 Å². The smallest absolute Gasteiger partial charge is 0.0203 e. The van der Waals surface area contributed by atoms with Crippen LogP contribution in [0.3, 0.4) is 0 Å². The summed E-state index contributed by atoms with van der Waals surface area (Å²) in [6, 6.07) is 0.942. The molecule has 3 unspecified atom stereocenters. The molecule has 3 aliphatic heterocycles. The molecule has 0 spiro atoms. The minimum Gasteiger partial charge on any atom is -0.306 e. The summed E-state index contributed by atoms with van der Waals surface area (Å²) in [6.07, 6.45) is 2.90. The van der Waals surface area contributed by atoms with Crippen molar-refractivity contribution in [1.29, 1.82) is 0 Å². The number of rotatable bonds is 0. The number of hydrogen-bond acceptors (Lipinski definition) is 2. The van der Waals surface area contributed by atoms with Gasteiger partial charge in [0.05, 0.1) is 0 Å². The first-order valence-electron chi connectivity index (χ1n) is 5.62. The SMILES string of the molecule is CN1CCC2CCN3CC(C)(C1)C23. The van der Waals surface area contributed by atoms with Crippen LogP contribution in [0.15, 0.2) is 0 Å². The highest BCUT2D eigenvalue weighted by molar-refractivity contribution is 5.10. The molecule has 3 fully saturated rings. The Kier molecular flexibility index (Phi) is 1.58. The van der Waals surface area contributed by atoms with Gasteiger partial charge in [-0.05, 0) is 38.9 Å². The van der Waals surface area contributed by atoms with Gasteiger partial charge in [0.2, 0.25) is 0 Å². The van der Waals surface area contributed by atoms with E-state index < -0.39 is 0 Å². The van der Waals surface area contributed by atoms with Crippen molar-refractivity contribution in [1.82, 2.24) is 9.80 Å². The maximum Gasteiger partial charge on any atom is 0.0203 e. The van der Waals surface area contributed by atoms with Crippen LogP contribution in [-0.2, 0) is 0 Å². The van der Waals surface area contributed by atoms with Gasteiger partial charge in [-0.15, -0.1) is 0 Å². The minimum atomic E-state index is 0.631. The first-order valence-corrected chi connectivity index (χ1v) is 5.62. The van der Waals surface area contributed by atoms with Crippen LogP contribution in [0.2, 0.25) is 0 Å². The maximum atomic E-state index is 2.71. The lowest BCUT2D eigenvalue weighted by Crippen LogP contribution is -2.64. The van der Waals surface area contributed by atoms with E-state index in [0.29, 0.717) is 5.41 Å². The zero-order chi connectivity index (χ0) is 9.05. The van der Waals surface area contributed by atoms with E-state index >= 15 is 0 Å². The molecule has 0 N–H and O–H groups in total. The fourth-order valence-electron chi connectivity index (χ4n) is 4.09. The Hall–Kier alpha value is -0.0800. The second-order valence-electron chi connectivity index (χ2n) is 5.64. The molecule has 0 bridgehead atoms. The van der Waals surface area contributed by atoms with Crippen molar-refractivity contribution in [3.8, 4) is 0 Å². The van der Waals surface area contributed by atoms with E-state index in [4.69, 9.17) is 0 Å². The van der Waals surface area contributed by atoms with E-state index in [2.05, 4.69) is 23.8 Å². The summed E-state index contributed by atoms with van der Waals surface area (Å²) >= 11 is 0. The number of hydrogen-bond donors (Lipinski definition) is 0. The Labute approximate surface area is 80.9 Å². The van der Waals surface area contributed by atoms with E-state index in [1.54, 1.807) is 0 Å². The van der Waals surface area contributed by atoms with Crippen molar-refractivity contribution >= 4 is 0 Å². The average molecular weight is 180 g/mol. The lowest BCUT2D eigenvalue weighted by molar-refractivity contribution is -0.0536. The second kappa shape index (κ2) is 2.48. The molecule has 3 heterocycles. The van der Waals surface area contributed by atoms with E-state index in [1.807, 2.05) is 0 Å². The Bertz CT molecular complexity index is 228. The Morgan fingerprint density at radius 2 is 1.92 bits per heavy atom. The van der Waals surface area contributed by atoms with E-state index in [-0.39, 0.29) is 0 Å². The van der Waals surface area contributed by atoms with Crippen LogP contribution in [0.25, 0.3) is 0 Å². The van der Waals surface area contributed by atoms with Gasteiger partial charge >= 0.3 is 0 Å². The molecule has 3 saturated heterocycles. The van der Waals surface area contributed by atoms with Gasteiger partial charge in [0.25, 0.3) is 0 Å². The Balaban J connectivity index is 1.88. The summed E-state index contributed by atoms with van der Waals surface area (Å²) in [5.74, 6) is 1.02. The summed E-state index contributed by atoms with van der Waals surface area (Å²) in [4.78, 5) is 5.25. The molecule has 74 valence electrons. The lowest BCUT2D eigenvalue weighted by Gasteiger charge is -2.54. The zero-order valence-electron chi connectivity index (χ0n) is 8.79. The summed E-state index contributed by atoms with van der Waals surface area (Å²) < 4.78 is 0. The molecule has 0 aliphatic carbocycles. The quantitative estimate of drug-likeness (QED) is 0.549. The molecule has 0 amide bonds. The maximum absolute atomic E-state index is 2.71. The van der Waals surface area contributed by atoms with Crippen LogP contribution in [0, 0.1) is 11.3 Å². The van der Waals surface area contributed by atoms with E-state index in [9.17, 15) is 0 Å². The van der Waals surface area contributed by atoms with Crippen molar-refractivity contribution < 1.29 is 0 Å². The van der Waals surface area contributed by atoms with Gasteiger partial charge < -0.3 is 4.90 Å². The van der Waals surface area contributed by atoms with Crippen LogP contribution in [0.4, 0.5) is 0 Å². The Morgan fingerprint density at radius 3 is 2.77 bits per heavy atom. The minimum absolute atomic E-state index is 0.631. The molecular weight excluding hydrogens is 160 g/mol. The van der Waals surface area contributed by atoms with Crippen LogP contribution in [0.5, 0.6) is 0 Å². The predicted molar refractivity (Wildman–Crippen MR) is 53.7 cm³/mol. The predicted octanol–water partition coefficient (Wildman–Crippen LogP) is 1.03. The van der Waals surface area contributed by atoms with E-state index in [1.165, 1.54) is 39.0 Å². The van der Waals surface area contributed by atoms with Crippen molar-refractivity contribution in [2.24, 2.45) is 11.3 Å². The third kappa shape index (κ3) is 1.02. The largest absolute Gasteiger partial charge is 0.306 e. The highest BCUT2D eigenvalue weighted by Crippen LogP contribution is 2.49. The summed E-state index contributed by atoms with van der Waals surface area (Å²) in [5, 5.41) is 0. The molecule has 0 aromatic carbocycles. The van der Waals surface area contributed by atoms with Crippen molar-refractivity contribution in [2.75, 3.05) is 33.2 Å².